The topological polar surface area (TPSA) is 45.8 Å². The molecule has 0 spiro atoms. The Morgan fingerprint density at radius 2 is 1.62 bits per heavy atom. The fourth-order valence-electron chi connectivity index (χ4n) is 2.15. The Balaban J connectivity index is 1.83. The largest absolute Gasteiger partial charge is 0.378 e. The monoisotopic (exact) mass is 279 g/mol. The molecule has 106 valence electrons. The van der Waals surface area contributed by atoms with Crippen LogP contribution in [0.2, 0.25) is 0 Å². The average Bonchev–Trinajstić information content (AvgIpc) is 2.86. The van der Waals surface area contributed by atoms with Gasteiger partial charge < -0.3 is 4.90 Å². The first kappa shape index (κ1) is 13.3. The highest BCUT2D eigenvalue weighted by molar-refractivity contribution is 5.81. The zero-order valence-electron chi connectivity index (χ0n) is 12.4. The third kappa shape index (κ3) is 2.76. The van der Waals surface area contributed by atoms with Crippen molar-refractivity contribution in [3.63, 3.8) is 0 Å². The van der Waals surface area contributed by atoms with Gasteiger partial charge in [-0.15, -0.1) is 0 Å². The lowest BCUT2D eigenvalue weighted by Gasteiger charge is -2.11. The van der Waals surface area contributed by atoms with Gasteiger partial charge in [0.15, 0.2) is 0 Å². The van der Waals surface area contributed by atoms with E-state index in [0.29, 0.717) is 0 Å². The van der Waals surface area contributed by atoms with Crippen molar-refractivity contribution in [2.45, 2.75) is 0 Å². The molecular formula is C16H17N5. The number of anilines is 1. The maximum Gasteiger partial charge on any atom is 0.0865 e. The number of hydrogen-bond acceptors (Lipinski definition) is 4. The van der Waals surface area contributed by atoms with Crippen LogP contribution in [0.25, 0.3) is 10.9 Å². The Labute approximate surface area is 123 Å². The summed E-state index contributed by atoms with van der Waals surface area (Å²) in [7, 11) is 5.95. The summed E-state index contributed by atoms with van der Waals surface area (Å²) in [6.45, 7) is 0. The van der Waals surface area contributed by atoms with Gasteiger partial charge in [-0.25, -0.2) is 0 Å². The summed E-state index contributed by atoms with van der Waals surface area (Å²) in [5, 5.41) is 13.8. The Morgan fingerprint density at radius 1 is 0.952 bits per heavy atom. The highest BCUT2D eigenvalue weighted by Gasteiger charge is 2.00. The van der Waals surface area contributed by atoms with Gasteiger partial charge in [0.2, 0.25) is 0 Å². The minimum absolute atomic E-state index is 0.826. The van der Waals surface area contributed by atoms with Crippen molar-refractivity contribution >= 4 is 28.0 Å². The summed E-state index contributed by atoms with van der Waals surface area (Å²) in [5.41, 5.74) is 3.90. The molecule has 0 aliphatic rings. The number of azo groups is 1. The predicted molar refractivity (Wildman–Crippen MR) is 85.7 cm³/mol. The molecule has 0 radical (unpaired) electrons. The summed E-state index contributed by atoms with van der Waals surface area (Å²) < 4.78 is 1.84. The molecule has 3 rings (SSSR count). The number of benzene rings is 2. The van der Waals surface area contributed by atoms with Gasteiger partial charge in [0.25, 0.3) is 0 Å². The van der Waals surface area contributed by atoms with Crippen LogP contribution < -0.4 is 4.90 Å². The second-order valence-electron chi connectivity index (χ2n) is 5.12. The minimum atomic E-state index is 0.826. The van der Waals surface area contributed by atoms with E-state index >= 15 is 0 Å². The van der Waals surface area contributed by atoms with Crippen LogP contribution >= 0.6 is 0 Å². The minimum Gasteiger partial charge on any atom is -0.378 e. The van der Waals surface area contributed by atoms with E-state index in [9.17, 15) is 0 Å². The number of aryl methyl sites for hydroxylation is 1. The van der Waals surface area contributed by atoms with Crippen LogP contribution in [0.15, 0.2) is 58.9 Å². The third-order valence-corrected chi connectivity index (χ3v) is 3.38. The van der Waals surface area contributed by atoms with Crippen molar-refractivity contribution in [1.82, 2.24) is 9.78 Å². The Hall–Kier alpha value is -2.69. The molecule has 0 aliphatic heterocycles. The van der Waals surface area contributed by atoms with Gasteiger partial charge in [-0.1, -0.05) is 0 Å². The van der Waals surface area contributed by atoms with Crippen LogP contribution in [0.4, 0.5) is 17.1 Å². The highest BCUT2D eigenvalue weighted by atomic mass is 15.2. The van der Waals surface area contributed by atoms with E-state index in [-0.39, 0.29) is 0 Å². The van der Waals surface area contributed by atoms with Gasteiger partial charge in [0, 0.05) is 32.2 Å². The van der Waals surface area contributed by atoms with Crippen LogP contribution in [0.3, 0.4) is 0 Å². The molecule has 0 fully saturated rings. The Morgan fingerprint density at radius 3 is 2.33 bits per heavy atom. The molecule has 0 bridgehead atoms. The summed E-state index contributed by atoms with van der Waals surface area (Å²) in [6, 6.07) is 13.9. The molecule has 0 saturated carbocycles. The van der Waals surface area contributed by atoms with E-state index in [4.69, 9.17) is 0 Å². The molecule has 5 heteroatoms. The third-order valence-electron chi connectivity index (χ3n) is 3.38. The van der Waals surface area contributed by atoms with Crippen molar-refractivity contribution in [1.29, 1.82) is 0 Å². The molecule has 0 unspecified atom stereocenters. The van der Waals surface area contributed by atoms with E-state index < -0.39 is 0 Å². The number of hydrogen-bond donors (Lipinski definition) is 0. The van der Waals surface area contributed by atoms with Crippen molar-refractivity contribution < 1.29 is 0 Å². The van der Waals surface area contributed by atoms with Crippen LogP contribution in [0.5, 0.6) is 0 Å². The van der Waals surface area contributed by atoms with E-state index in [1.165, 1.54) is 0 Å². The second-order valence-corrected chi connectivity index (χ2v) is 5.12. The van der Waals surface area contributed by atoms with E-state index in [2.05, 4.69) is 20.2 Å². The molecule has 1 heterocycles. The first-order chi connectivity index (χ1) is 10.1. The van der Waals surface area contributed by atoms with Crippen LogP contribution in [0.1, 0.15) is 0 Å². The first-order valence-electron chi connectivity index (χ1n) is 6.74. The number of aromatic nitrogens is 2. The standard InChI is InChI=1S/C16H17N5/c1-20(2)15-7-4-13(5-8-15)18-19-14-6-9-16-12(10-14)11-17-21(16)3/h4-11H,1-3H3. The molecule has 0 aliphatic carbocycles. The lowest BCUT2D eigenvalue weighted by atomic mass is 10.2. The van der Waals surface area contributed by atoms with Gasteiger partial charge in [-0.05, 0) is 42.5 Å². The predicted octanol–water partition coefficient (Wildman–Crippen LogP) is 4.05. The number of rotatable bonds is 3. The van der Waals surface area contributed by atoms with Gasteiger partial charge in [-0.3, -0.25) is 4.68 Å². The number of nitrogens with zero attached hydrogens (tertiary/aromatic N) is 5. The molecule has 5 nitrogen and oxygen atoms in total. The zero-order valence-corrected chi connectivity index (χ0v) is 12.4. The van der Waals surface area contributed by atoms with E-state index in [1.54, 1.807) is 0 Å². The quantitative estimate of drug-likeness (QED) is 0.679. The Bertz CT molecular complexity index is 784. The van der Waals surface area contributed by atoms with Crippen LogP contribution in [-0.2, 0) is 7.05 Å². The van der Waals surface area contributed by atoms with E-state index in [1.807, 2.05) is 74.5 Å². The van der Waals surface area contributed by atoms with Crippen molar-refractivity contribution in [3.8, 4) is 0 Å². The summed E-state index contributed by atoms with van der Waals surface area (Å²) >= 11 is 0. The van der Waals surface area contributed by atoms with Crippen molar-refractivity contribution in [2.75, 3.05) is 19.0 Å². The molecule has 0 atom stereocenters. The van der Waals surface area contributed by atoms with Gasteiger partial charge in [-0.2, -0.15) is 15.3 Å². The zero-order chi connectivity index (χ0) is 14.8. The molecule has 2 aromatic carbocycles. The lowest BCUT2D eigenvalue weighted by molar-refractivity contribution is 0.797. The van der Waals surface area contributed by atoms with Crippen LogP contribution in [0, 0.1) is 0 Å². The van der Waals surface area contributed by atoms with Crippen molar-refractivity contribution in [2.24, 2.45) is 17.3 Å². The lowest BCUT2D eigenvalue weighted by Crippen LogP contribution is -2.07. The smallest absolute Gasteiger partial charge is 0.0865 e. The van der Waals surface area contributed by atoms with Crippen LogP contribution in [-0.4, -0.2) is 23.9 Å². The molecule has 0 saturated heterocycles. The van der Waals surface area contributed by atoms with Gasteiger partial charge in [0.1, 0.15) is 0 Å². The summed E-state index contributed by atoms with van der Waals surface area (Å²) in [6.07, 6.45) is 1.83. The SMILES string of the molecule is CN(C)c1ccc(N=Nc2ccc3c(cnn3C)c2)cc1. The van der Waals surface area contributed by atoms with E-state index in [0.717, 1.165) is 28.0 Å². The number of fused-ring (bicyclic) bond motifs is 1. The maximum absolute atomic E-state index is 4.28. The molecule has 0 amide bonds. The molecular weight excluding hydrogens is 262 g/mol. The van der Waals surface area contributed by atoms with Crippen molar-refractivity contribution in [3.05, 3.63) is 48.7 Å². The summed E-state index contributed by atoms with van der Waals surface area (Å²) in [4.78, 5) is 2.05. The second kappa shape index (κ2) is 5.36. The normalized spacial score (nSPS) is 11.4. The van der Waals surface area contributed by atoms with Gasteiger partial charge in [0.05, 0.1) is 23.1 Å². The highest BCUT2D eigenvalue weighted by Crippen LogP contribution is 2.24. The fourth-order valence-corrected chi connectivity index (χ4v) is 2.15. The molecule has 21 heavy (non-hydrogen) atoms. The fraction of sp³-hybridized carbons (Fsp3) is 0.188. The Kier molecular flexibility index (Phi) is 3.39. The summed E-state index contributed by atoms with van der Waals surface area (Å²) in [5.74, 6) is 0. The van der Waals surface area contributed by atoms with Gasteiger partial charge >= 0.3 is 0 Å². The average molecular weight is 279 g/mol. The molecule has 0 N–H and O–H groups in total. The first-order valence-corrected chi connectivity index (χ1v) is 6.74. The molecule has 1 aromatic heterocycles. The maximum atomic E-state index is 4.28. The molecule has 3 aromatic rings.